The summed E-state index contributed by atoms with van der Waals surface area (Å²) in [7, 11) is 0. The monoisotopic (exact) mass is 332 g/mol. The lowest BCUT2D eigenvalue weighted by Gasteiger charge is -2.07. The molecule has 3 rings (SSSR count). The third kappa shape index (κ3) is 4.03. The van der Waals surface area contributed by atoms with Gasteiger partial charge in [-0.15, -0.1) is 0 Å². The number of anilines is 1. The van der Waals surface area contributed by atoms with Crippen LogP contribution < -0.4 is 5.32 Å². The number of aromatic hydroxyl groups is 2. The molecule has 0 heterocycles. The number of nitrogens with one attached hydrogen (secondary N) is 1. The Hall–Kier alpha value is -3.60. The van der Waals surface area contributed by atoms with Crippen LogP contribution in [0.4, 0.5) is 11.4 Å². The van der Waals surface area contributed by atoms with Crippen molar-refractivity contribution in [2.45, 2.75) is 0 Å². The summed E-state index contributed by atoms with van der Waals surface area (Å²) >= 11 is 0. The van der Waals surface area contributed by atoms with Gasteiger partial charge in [-0.05, 0) is 42.5 Å². The van der Waals surface area contributed by atoms with Crippen molar-refractivity contribution in [2.24, 2.45) is 4.99 Å². The molecule has 0 saturated carbocycles. The second-order valence-corrected chi connectivity index (χ2v) is 5.34. The predicted molar refractivity (Wildman–Crippen MR) is 97.9 cm³/mol. The van der Waals surface area contributed by atoms with E-state index in [0.717, 1.165) is 0 Å². The minimum Gasteiger partial charge on any atom is -0.507 e. The first-order valence-corrected chi connectivity index (χ1v) is 7.65. The molecule has 0 radical (unpaired) electrons. The molecule has 1 amide bonds. The fraction of sp³-hybridized carbons (Fsp3) is 0. The Morgan fingerprint density at radius 1 is 0.880 bits per heavy atom. The largest absolute Gasteiger partial charge is 0.507 e. The number of rotatable bonds is 4. The molecule has 5 heteroatoms. The summed E-state index contributed by atoms with van der Waals surface area (Å²) in [4.78, 5) is 16.5. The highest BCUT2D eigenvalue weighted by molar-refractivity contribution is 6.06. The molecule has 0 unspecified atom stereocenters. The summed E-state index contributed by atoms with van der Waals surface area (Å²) in [5.41, 5.74) is 1.98. The van der Waals surface area contributed by atoms with Crippen LogP contribution in [0.3, 0.4) is 0 Å². The lowest BCUT2D eigenvalue weighted by Crippen LogP contribution is -2.11. The molecular weight excluding hydrogens is 316 g/mol. The number of carbonyl (C=O) groups is 1. The van der Waals surface area contributed by atoms with E-state index in [1.54, 1.807) is 66.9 Å². The summed E-state index contributed by atoms with van der Waals surface area (Å²) in [5, 5.41) is 22.2. The molecule has 0 spiro atoms. The number of hydrogen-bond donors (Lipinski definition) is 3. The van der Waals surface area contributed by atoms with Crippen LogP contribution >= 0.6 is 0 Å². The van der Waals surface area contributed by atoms with Crippen LogP contribution in [0.5, 0.6) is 11.5 Å². The number of carbonyl (C=O) groups excluding carboxylic acids is 1. The molecule has 0 aliphatic heterocycles. The van der Waals surface area contributed by atoms with Gasteiger partial charge in [-0.1, -0.05) is 30.3 Å². The van der Waals surface area contributed by atoms with Gasteiger partial charge < -0.3 is 15.5 Å². The topological polar surface area (TPSA) is 81.9 Å². The standard InChI is InChI=1S/C20H16N2O3/c23-18-10-3-1-6-14(18)13-21-15-7-5-8-16(12-15)22-20(25)17-9-2-4-11-19(17)24/h1-13,23-24H,(H,22,25). The van der Waals surface area contributed by atoms with Crippen molar-refractivity contribution in [1.29, 1.82) is 0 Å². The van der Waals surface area contributed by atoms with Gasteiger partial charge in [0.15, 0.2) is 0 Å². The van der Waals surface area contributed by atoms with Crippen LogP contribution in [0.25, 0.3) is 0 Å². The molecule has 0 aliphatic rings. The molecule has 3 N–H and O–H groups in total. The summed E-state index contributed by atoms with van der Waals surface area (Å²) in [6.07, 6.45) is 1.55. The molecule has 0 saturated heterocycles. The Labute approximate surface area is 144 Å². The highest BCUT2D eigenvalue weighted by Crippen LogP contribution is 2.22. The maximum atomic E-state index is 12.2. The van der Waals surface area contributed by atoms with Crippen molar-refractivity contribution in [2.75, 3.05) is 5.32 Å². The number of amides is 1. The number of hydrogen-bond acceptors (Lipinski definition) is 4. The Bertz CT molecular complexity index is 935. The first-order chi connectivity index (χ1) is 12.1. The molecule has 3 aromatic rings. The maximum Gasteiger partial charge on any atom is 0.259 e. The summed E-state index contributed by atoms with van der Waals surface area (Å²) in [6, 6.07) is 20.2. The van der Waals surface area contributed by atoms with Crippen molar-refractivity contribution in [1.82, 2.24) is 0 Å². The molecule has 0 atom stereocenters. The van der Waals surface area contributed by atoms with Crippen LogP contribution in [-0.4, -0.2) is 22.3 Å². The van der Waals surface area contributed by atoms with Crippen LogP contribution in [0.15, 0.2) is 77.8 Å². The number of phenols is 2. The van der Waals surface area contributed by atoms with Gasteiger partial charge >= 0.3 is 0 Å². The number of para-hydroxylation sites is 2. The zero-order valence-electron chi connectivity index (χ0n) is 13.3. The molecular formula is C20H16N2O3. The van der Waals surface area contributed by atoms with Crippen molar-refractivity contribution < 1.29 is 15.0 Å². The van der Waals surface area contributed by atoms with Crippen molar-refractivity contribution in [3.63, 3.8) is 0 Å². The summed E-state index contributed by atoms with van der Waals surface area (Å²) < 4.78 is 0. The van der Waals surface area contributed by atoms with E-state index in [9.17, 15) is 15.0 Å². The average molecular weight is 332 g/mol. The number of phenolic OH excluding ortho intramolecular Hbond substituents is 2. The van der Waals surface area contributed by atoms with Crippen molar-refractivity contribution in [3.05, 3.63) is 83.9 Å². The van der Waals surface area contributed by atoms with Gasteiger partial charge in [0.25, 0.3) is 5.91 Å². The quantitative estimate of drug-likeness (QED) is 0.629. The van der Waals surface area contributed by atoms with E-state index in [4.69, 9.17) is 0 Å². The second kappa shape index (κ2) is 7.31. The third-order valence-electron chi connectivity index (χ3n) is 3.54. The van der Waals surface area contributed by atoms with E-state index in [-0.39, 0.29) is 17.1 Å². The van der Waals surface area contributed by atoms with E-state index < -0.39 is 5.91 Å². The van der Waals surface area contributed by atoms with Gasteiger partial charge in [0.05, 0.1) is 11.3 Å². The lowest BCUT2D eigenvalue weighted by atomic mass is 10.2. The van der Waals surface area contributed by atoms with E-state index in [1.807, 2.05) is 6.07 Å². The van der Waals surface area contributed by atoms with E-state index in [1.165, 1.54) is 6.07 Å². The molecule has 124 valence electrons. The predicted octanol–water partition coefficient (Wildman–Crippen LogP) is 4.10. The average Bonchev–Trinajstić information content (AvgIpc) is 2.62. The number of aliphatic imine (C=N–C) groups is 1. The van der Waals surface area contributed by atoms with E-state index >= 15 is 0 Å². The van der Waals surface area contributed by atoms with E-state index in [2.05, 4.69) is 10.3 Å². The molecule has 0 bridgehead atoms. The zero-order chi connectivity index (χ0) is 17.6. The molecule has 0 aromatic heterocycles. The fourth-order valence-electron chi connectivity index (χ4n) is 2.27. The Morgan fingerprint density at radius 3 is 2.36 bits per heavy atom. The third-order valence-corrected chi connectivity index (χ3v) is 3.54. The van der Waals surface area contributed by atoms with Crippen molar-refractivity contribution in [3.8, 4) is 11.5 Å². The van der Waals surface area contributed by atoms with Gasteiger partial charge in [-0.25, -0.2) is 0 Å². The van der Waals surface area contributed by atoms with Crippen LogP contribution in [0, 0.1) is 0 Å². The highest BCUT2D eigenvalue weighted by atomic mass is 16.3. The maximum absolute atomic E-state index is 12.2. The van der Waals surface area contributed by atoms with Gasteiger partial charge in [0.1, 0.15) is 11.5 Å². The minimum absolute atomic E-state index is 0.0753. The smallest absolute Gasteiger partial charge is 0.259 e. The SMILES string of the molecule is O=C(Nc1cccc(N=Cc2ccccc2O)c1)c1ccccc1O. The lowest BCUT2D eigenvalue weighted by molar-refractivity contribution is 0.102. The van der Waals surface area contributed by atoms with Gasteiger partial charge in [0.2, 0.25) is 0 Å². The molecule has 0 fully saturated rings. The Kier molecular flexibility index (Phi) is 4.76. The minimum atomic E-state index is -0.403. The van der Waals surface area contributed by atoms with Crippen LogP contribution in [0.2, 0.25) is 0 Å². The van der Waals surface area contributed by atoms with Crippen molar-refractivity contribution >= 4 is 23.5 Å². The van der Waals surface area contributed by atoms with Gasteiger partial charge in [0, 0.05) is 17.5 Å². The summed E-state index contributed by atoms with van der Waals surface area (Å²) in [5.74, 6) is -0.330. The van der Waals surface area contributed by atoms with E-state index in [0.29, 0.717) is 16.9 Å². The van der Waals surface area contributed by atoms with Crippen LogP contribution in [-0.2, 0) is 0 Å². The molecule has 0 aliphatic carbocycles. The Morgan fingerprint density at radius 2 is 1.60 bits per heavy atom. The molecule has 5 nitrogen and oxygen atoms in total. The van der Waals surface area contributed by atoms with Gasteiger partial charge in [-0.3, -0.25) is 9.79 Å². The normalized spacial score (nSPS) is 10.7. The fourth-order valence-corrected chi connectivity index (χ4v) is 2.27. The number of nitrogens with zero attached hydrogens (tertiary/aromatic N) is 1. The highest BCUT2D eigenvalue weighted by Gasteiger charge is 2.10. The number of benzene rings is 3. The Balaban J connectivity index is 1.77. The van der Waals surface area contributed by atoms with Gasteiger partial charge in [-0.2, -0.15) is 0 Å². The second-order valence-electron chi connectivity index (χ2n) is 5.34. The summed E-state index contributed by atoms with van der Waals surface area (Å²) in [6.45, 7) is 0. The first-order valence-electron chi connectivity index (χ1n) is 7.65. The molecule has 25 heavy (non-hydrogen) atoms. The first kappa shape index (κ1) is 16.3. The zero-order valence-corrected chi connectivity index (χ0v) is 13.3. The van der Waals surface area contributed by atoms with Crippen LogP contribution in [0.1, 0.15) is 15.9 Å². The molecule has 3 aromatic carbocycles.